The minimum atomic E-state index is -0.191. The molecule has 1 N–H and O–H groups in total. The number of benzene rings is 2. The summed E-state index contributed by atoms with van der Waals surface area (Å²) in [6.07, 6.45) is 1.68. The van der Waals surface area contributed by atoms with E-state index >= 15 is 0 Å². The van der Waals surface area contributed by atoms with Crippen LogP contribution in [0.1, 0.15) is 15.9 Å². The van der Waals surface area contributed by atoms with Crippen molar-refractivity contribution >= 4 is 28.7 Å². The molecule has 0 saturated carbocycles. The van der Waals surface area contributed by atoms with Crippen molar-refractivity contribution in [3.05, 3.63) is 83.0 Å². The van der Waals surface area contributed by atoms with Gasteiger partial charge in [-0.15, -0.1) is 5.10 Å². The summed E-state index contributed by atoms with van der Waals surface area (Å²) < 4.78 is 1.61. The summed E-state index contributed by atoms with van der Waals surface area (Å²) in [5.41, 5.74) is 3.44. The zero-order valence-corrected chi connectivity index (χ0v) is 14.4. The van der Waals surface area contributed by atoms with Gasteiger partial charge in [-0.25, -0.2) is 4.98 Å². The fraction of sp³-hybridized carbons (Fsp3) is 0.0526. The first-order chi connectivity index (χ1) is 12.7. The van der Waals surface area contributed by atoms with Gasteiger partial charge in [0.05, 0.1) is 5.69 Å². The maximum atomic E-state index is 12.5. The molecule has 128 valence electrons. The van der Waals surface area contributed by atoms with Crippen LogP contribution in [0.5, 0.6) is 0 Å². The Morgan fingerprint density at radius 2 is 1.96 bits per heavy atom. The molecule has 2 aromatic heterocycles. The van der Waals surface area contributed by atoms with Gasteiger partial charge in [0, 0.05) is 23.3 Å². The predicted molar refractivity (Wildman–Crippen MR) is 99.3 cm³/mol. The van der Waals surface area contributed by atoms with Crippen molar-refractivity contribution < 1.29 is 4.79 Å². The van der Waals surface area contributed by atoms with Crippen LogP contribution in [0.25, 0.3) is 16.9 Å². The van der Waals surface area contributed by atoms with Gasteiger partial charge in [-0.3, -0.25) is 4.79 Å². The van der Waals surface area contributed by atoms with Gasteiger partial charge in [0.2, 0.25) is 0 Å². The molecule has 26 heavy (non-hydrogen) atoms. The number of fused-ring (bicyclic) bond motifs is 1. The highest BCUT2D eigenvalue weighted by Crippen LogP contribution is 2.17. The monoisotopic (exact) mass is 363 g/mol. The van der Waals surface area contributed by atoms with Crippen LogP contribution < -0.4 is 5.32 Å². The SMILES string of the molecule is O=C(NCc1ccccc1Cl)c1cccc(-n2nnc3cccnc32)c1. The van der Waals surface area contributed by atoms with E-state index in [1.165, 1.54) is 0 Å². The van der Waals surface area contributed by atoms with Crippen molar-refractivity contribution in [3.63, 3.8) is 0 Å². The zero-order chi connectivity index (χ0) is 17.9. The van der Waals surface area contributed by atoms with E-state index in [0.29, 0.717) is 28.3 Å². The Kier molecular flexibility index (Phi) is 4.33. The molecule has 0 atom stereocenters. The maximum Gasteiger partial charge on any atom is 0.251 e. The Balaban J connectivity index is 1.57. The lowest BCUT2D eigenvalue weighted by Gasteiger charge is -2.08. The summed E-state index contributed by atoms with van der Waals surface area (Å²) in [6, 6.07) is 18.2. The second-order valence-electron chi connectivity index (χ2n) is 5.67. The average Bonchev–Trinajstić information content (AvgIpc) is 3.11. The smallest absolute Gasteiger partial charge is 0.251 e. The van der Waals surface area contributed by atoms with E-state index in [1.54, 1.807) is 41.2 Å². The van der Waals surface area contributed by atoms with Gasteiger partial charge in [-0.05, 0) is 42.0 Å². The van der Waals surface area contributed by atoms with Crippen LogP contribution in [-0.4, -0.2) is 25.9 Å². The highest BCUT2D eigenvalue weighted by molar-refractivity contribution is 6.31. The number of nitrogens with zero attached hydrogens (tertiary/aromatic N) is 4. The number of aromatic nitrogens is 4. The maximum absolute atomic E-state index is 12.5. The Hall–Kier alpha value is -3.25. The quantitative estimate of drug-likeness (QED) is 0.603. The molecule has 2 heterocycles. The number of nitrogens with one attached hydrogen (secondary N) is 1. The fourth-order valence-corrected chi connectivity index (χ4v) is 2.84. The van der Waals surface area contributed by atoms with E-state index in [2.05, 4.69) is 20.6 Å². The van der Waals surface area contributed by atoms with Crippen LogP contribution in [-0.2, 0) is 6.54 Å². The van der Waals surface area contributed by atoms with E-state index in [-0.39, 0.29) is 5.91 Å². The third-order valence-electron chi connectivity index (χ3n) is 3.96. The first-order valence-corrected chi connectivity index (χ1v) is 8.38. The van der Waals surface area contributed by atoms with Crippen molar-refractivity contribution in [2.75, 3.05) is 0 Å². The number of carbonyl (C=O) groups is 1. The summed E-state index contributed by atoms with van der Waals surface area (Å²) in [7, 11) is 0. The topological polar surface area (TPSA) is 72.7 Å². The van der Waals surface area contributed by atoms with Crippen LogP contribution in [0.2, 0.25) is 5.02 Å². The summed E-state index contributed by atoms with van der Waals surface area (Å²) in [6.45, 7) is 0.358. The van der Waals surface area contributed by atoms with E-state index in [9.17, 15) is 4.79 Å². The summed E-state index contributed by atoms with van der Waals surface area (Å²) in [5.74, 6) is -0.191. The Morgan fingerprint density at radius 1 is 1.08 bits per heavy atom. The first-order valence-electron chi connectivity index (χ1n) is 8.01. The van der Waals surface area contributed by atoms with E-state index in [1.807, 2.05) is 30.3 Å². The standard InChI is InChI=1S/C19H14ClN5O/c20-16-8-2-1-5-14(16)12-22-19(26)13-6-3-7-15(11-13)25-18-17(23-24-25)9-4-10-21-18/h1-11H,12H2,(H,22,26). The van der Waals surface area contributed by atoms with Gasteiger partial charge < -0.3 is 5.32 Å². The molecule has 0 saturated heterocycles. The van der Waals surface area contributed by atoms with Gasteiger partial charge in [0.1, 0.15) is 5.52 Å². The molecule has 0 unspecified atom stereocenters. The van der Waals surface area contributed by atoms with Gasteiger partial charge >= 0.3 is 0 Å². The van der Waals surface area contributed by atoms with E-state index in [0.717, 1.165) is 11.3 Å². The predicted octanol–water partition coefficient (Wildman–Crippen LogP) is 3.40. The molecule has 0 spiro atoms. The van der Waals surface area contributed by atoms with Crippen LogP contribution in [0.15, 0.2) is 66.9 Å². The number of amides is 1. The molecule has 0 aliphatic carbocycles. The second-order valence-corrected chi connectivity index (χ2v) is 6.08. The zero-order valence-electron chi connectivity index (χ0n) is 13.6. The van der Waals surface area contributed by atoms with Gasteiger partial charge in [-0.1, -0.05) is 41.1 Å². The number of halogens is 1. The molecule has 7 heteroatoms. The largest absolute Gasteiger partial charge is 0.348 e. The van der Waals surface area contributed by atoms with Crippen LogP contribution >= 0.6 is 11.6 Å². The highest BCUT2D eigenvalue weighted by Gasteiger charge is 2.11. The van der Waals surface area contributed by atoms with E-state index in [4.69, 9.17) is 11.6 Å². The number of pyridine rings is 1. The lowest BCUT2D eigenvalue weighted by atomic mass is 10.1. The van der Waals surface area contributed by atoms with Gasteiger partial charge in [0.15, 0.2) is 5.65 Å². The molecular weight excluding hydrogens is 350 g/mol. The Morgan fingerprint density at radius 3 is 2.85 bits per heavy atom. The fourth-order valence-electron chi connectivity index (χ4n) is 2.64. The molecule has 0 fully saturated rings. The van der Waals surface area contributed by atoms with Crippen molar-refractivity contribution in [3.8, 4) is 5.69 Å². The number of carbonyl (C=O) groups excluding carboxylic acids is 1. The van der Waals surface area contributed by atoms with Crippen LogP contribution in [0.3, 0.4) is 0 Å². The molecule has 0 radical (unpaired) electrons. The van der Waals surface area contributed by atoms with Crippen molar-refractivity contribution in [2.45, 2.75) is 6.54 Å². The molecule has 2 aromatic carbocycles. The summed E-state index contributed by atoms with van der Waals surface area (Å²) in [4.78, 5) is 16.8. The first kappa shape index (κ1) is 16.2. The van der Waals surface area contributed by atoms with Crippen molar-refractivity contribution in [1.82, 2.24) is 25.3 Å². The van der Waals surface area contributed by atoms with Crippen LogP contribution in [0, 0.1) is 0 Å². The number of hydrogen-bond donors (Lipinski definition) is 1. The summed E-state index contributed by atoms with van der Waals surface area (Å²) >= 11 is 6.13. The summed E-state index contributed by atoms with van der Waals surface area (Å²) in [5, 5.41) is 11.7. The third-order valence-corrected chi connectivity index (χ3v) is 4.33. The molecule has 4 rings (SSSR count). The van der Waals surface area contributed by atoms with Gasteiger partial charge in [-0.2, -0.15) is 4.68 Å². The van der Waals surface area contributed by atoms with Crippen LogP contribution in [0.4, 0.5) is 0 Å². The molecule has 1 amide bonds. The molecule has 0 bridgehead atoms. The highest BCUT2D eigenvalue weighted by atomic mass is 35.5. The Labute approximate surface area is 154 Å². The third kappa shape index (κ3) is 3.14. The normalized spacial score (nSPS) is 10.8. The van der Waals surface area contributed by atoms with Crippen molar-refractivity contribution in [2.24, 2.45) is 0 Å². The molecular formula is C19H14ClN5O. The minimum absolute atomic E-state index is 0.191. The number of hydrogen-bond acceptors (Lipinski definition) is 4. The van der Waals surface area contributed by atoms with E-state index < -0.39 is 0 Å². The number of rotatable bonds is 4. The molecule has 6 nitrogen and oxygen atoms in total. The van der Waals surface area contributed by atoms with Crippen molar-refractivity contribution in [1.29, 1.82) is 0 Å². The molecule has 4 aromatic rings. The average molecular weight is 364 g/mol. The minimum Gasteiger partial charge on any atom is -0.348 e. The second kappa shape index (κ2) is 6.93. The molecule has 0 aliphatic heterocycles. The molecule has 0 aliphatic rings. The Bertz CT molecular complexity index is 1090. The lowest BCUT2D eigenvalue weighted by molar-refractivity contribution is 0.0951. The van der Waals surface area contributed by atoms with Gasteiger partial charge in [0.25, 0.3) is 5.91 Å². The lowest BCUT2D eigenvalue weighted by Crippen LogP contribution is -2.23.